The Balaban J connectivity index is 2.08. The van der Waals surface area contributed by atoms with Gasteiger partial charge in [0.2, 0.25) is 0 Å². The predicted octanol–water partition coefficient (Wildman–Crippen LogP) is 5.36. The molecule has 0 fully saturated rings. The van der Waals surface area contributed by atoms with Crippen LogP contribution in [0.3, 0.4) is 0 Å². The van der Waals surface area contributed by atoms with Gasteiger partial charge in [0.15, 0.2) is 0 Å². The number of aryl methyl sites for hydroxylation is 1. The van der Waals surface area contributed by atoms with Crippen LogP contribution in [0.5, 0.6) is 0 Å². The Labute approximate surface area is 148 Å². The number of nitrogens with one attached hydrogen (secondary N) is 1. The number of aromatic nitrogens is 1. The van der Waals surface area contributed by atoms with Crippen LogP contribution in [0.4, 0.5) is 13.2 Å². The monoisotopic (exact) mass is 361 g/mol. The Morgan fingerprint density at radius 2 is 1.85 bits per heavy atom. The van der Waals surface area contributed by atoms with Gasteiger partial charge in [-0.3, -0.25) is 4.79 Å². The summed E-state index contributed by atoms with van der Waals surface area (Å²) in [4.78, 5) is 14.6. The van der Waals surface area contributed by atoms with Gasteiger partial charge in [0.25, 0.3) is 0 Å². The normalized spacial score (nSPS) is 13.1. The van der Waals surface area contributed by atoms with Gasteiger partial charge < -0.3 is 10.1 Å². The smallest absolute Gasteiger partial charge is 0.416 e. The van der Waals surface area contributed by atoms with E-state index in [1.807, 2.05) is 25.1 Å². The molecule has 0 bridgehead atoms. The summed E-state index contributed by atoms with van der Waals surface area (Å²) in [5.41, 5.74) is 2.62. The maximum absolute atomic E-state index is 12.8. The average molecular weight is 361 g/mol. The number of aromatic amines is 1. The summed E-state index contributed by atoms with van der Waals surface area (Å²) in [6.45, 7) is 2.03. The van der Waals surface area contributed by atoms with Gasteiger partial charge in [0.05, 0.1) is 12.0 Å². The summed E-state index contributed by atoms with van der Waals surface area (Å²) in [5, 5.41) is 10.2. The molecule has 0 saturated heterocycles. The number of para-hydroxylation sites is 1. The summed E-state index contributed by atoms with van der Waals surface area (Å²) < 4.78 is 38.4. The molecule has 1 aromatic heterocycles. The van der Waals surface area contributed by atoms with Crippen LogP contribution < -0.4 is 0 Å². The van der Waals surface area contributed by atoms with Crippen LogP contribution in [-0.4, -0.2) is 16.1 Å². The first-order chi connectivity index (χ1) is 12.3. The Morgan fingerprint density at radius 3 is 2.42 bits per heavy atom. The van der Waals surface area contributed by atoms with E-state index in [0.717, 1.165) is 40.6 Å². The van der Waals surface area contributed by atoms with Crippen molar-refractivity contribution in [2.75, 3.05) is 0 Å². The zero-order chi connectivity index (χ0) is 18.9. The summed E-state index contributed by atoms with van der Waals surface area (Å²) in [7, 11) is 0. The van der Waals surface area contributed by atoms with Crippen molar-refractivity contribution < 1.29 is 23.1 Å². The van der Waals surface area contributed by atoms with Crippen molar-refractivity contribution in [1.29, 1.82) is 0 Å². The van der Waals surface area contributed by atoms with Crippen molar-refractivity contribution >= 4 is 16.9 Å². The van der Waals surface area contributed by atoms with Crippen molar-refractivity contribution in [1.82, 2.24) is 4.98 Å². The SMILES string of the molecule is CCc1cccc2c([C@@H](CC(=O)O)c3ccc(C(F)(F)F)cc3)c[nH]c12. The van der Waals surface area contributed by atoms with Crippen molar-refractivity contribution in [2.45, 2.75) is 31.9 Å². The number of carboxylic acids is 1. The maximum Gasteiger partial charge on any atom is 0.416 e. The number of aliphatic carboxylic acids is 1. The highest BCUT2D eigenvalue weighted by molar-refractivity contribution is 5.87. The zero-order valence-electron chi connectivity index (χ0n) is 14.1. The largest absolute Gasteiger partial charge is 0.481 e. The third kappa shape index (κ3) is 3.45. The minimum atomic E-state index is -4.42. The molecule has 136 valence electrons. The van der Waals surface area contributed by atoms with Gasteiger partial charge in [0.1, 0.15) is 0 Å². The highest BCUT2D eigenvalue weighted by atomic mass is 19.4. The second-order valence-electron chi connectivity index (χ2n) is 6.21. The highest BCUT2D eigenvalue weighted by Gasteiger charge is 2.30. The molecule has 3 aromatic rings. The van der Waals surface area contributed by atoms with Crippen molar-refractivity contribution in [2.24, 2.45) is 0 Å². The Kier molecular flexibility index (Phi) is 4.76. The van der Waals surface area contributed by atoms with E-state index in [0.29, 0.717) is 5.56 Å². The van der Waals surface area contributed by atoms with E-state index in [-0.39, 0.29) is 6.42 Å². The first-order valence-electron chi connectivity index (χ1n) is 8.29. The summed E-state index contributed by atoms with van der Waals surface area (Å²) in [6.07, 6.45) is -2.04. The average Bonchev–Trinajstić information content (AvgIpc) is 3.03. The van der Waals surface area contributed by atoms with Crippen LogP contribution in [0.15, 0.2) is 48.7 Å². The molecule has 0 aliphatic rings. The summed E-state index contributed by atoms with van der Waals surface area (Å²) >= 11 is 0. The van der Waals surface area contributed by atoms with Crippen LogP contribution in [0.25, 0.3) is 10.9 Å². The minimum absolute atomic E-state index is 0.200. The standard InChI is InChI=1S/C20H18F3NO2/c1-2-12-4-3-5-15-17(11-24-19(12)15)16(10-18(25)26)13-6-8-14(9-7-13)20(21,22)23/h3-9,11,16,24H,2,10H2,1H3,(H,25,26)/t16-/m0/s1. The number of carbonyl (C=O) groups is 1. The fourth-order valence-corrected chi connectivity index (χ4v) is 3.31. The minimum Gasteiger partial charge on any atom is -0.481 e. The fourth-order valence-electron chi connectivity index (χ4n) is 3.31. The van der Waals surface area contributed by atoms with Crippen LogP contribution in [0, 0.1) is 0 Å². The van der Waals surface area contributed by atoms with Gasteiger partial charge in [-0.05, 0) is 35.2 Å². The molecule has 1 heterocycles. The number of halogens is 3. The number of benzene rings is 2. The van der Waals surface area contributed by atoms with Crippen LogP contribution in [0.2, 0.25) is 0 Å². The molecule has 2 aromatic carbocycles. The molecule has 3 rings (SSSR count). The molecule has 0 unspecified atom stereocenters. The summed E-state index contributed by atoms with van der Waals surface area (Å²) in [6, 6.07) is 10.5. The molecule has 6 heteroatoms. The second-order valence-corrected chi connectivity index (χ2v) is 6.21. The van der Waals surface area contributed by atoms with E-state index < -0.39 is 23.6 Å². The first-order valence-corrected chi connectivity index (χ1v) is 8.29. The van der Waals surface area contributed by atoms with E-state index >= 15 is 0 Å². The lowest BCUT2D eigenvalue weighted by molar-refractivity contribution is -0.138. The van der Waals surface area contributed by atoms with E-state index in [1.54, 1.807) is 6.20 Å². The molecular formula is C20H18F3NO2. The fraction of sp³-hybridized carbons (Fsp3) is 0.250. The van der Waals surface area contributed by atoms with Crippen molar-refractivity contribution in [3.8, 4) is 0 Å². The van der Waals surface area contributed by atoms with Crippen molar-refractivity contribution in [3.05, 3.63) is 70.9 Å². The molecular weight excluding hydrogens is 343 g/mol. The lowest BCUT2D eigenvalue weighted by Gasteiger charge is -2.16. The van der Waals surface area contributed by atoms with Gasteiger partial charge in [-0.1, -0.05) is 37.3 Å². The molecule has 0 saturated carbocycles. The lowest BCUT2D eigenvalue weighted by atomic mass is 9.87. The second kappa shape index (κ2) is 6.86. The number of fused-ring (bicyclic) bond motifs is 1. The quantitative estimate of drug-likeness (QED) is 0.643. The zero-order valence-corrected chi connectivity index (χ0v) is 14.1. The Morgan fingerprint density at radius 1 is 1.15 bits per heavy atom. The highest BCUT2D eigenvalue weighted by Crippen LogP contribution is 2.36. The number of alkyl halides is 3. The van der Waals surface area contributed by atoms with Crippen molar-refractivity contribution in [3.63, 3.8) is 0 Å². The number of hydrogen-bond acceptors (Lipinski definition) is 1. The Hall–Kier alpha value is -2.76. The molecule has 0 aliphatic carbocycles. The molecule has 0 spiro atoms. The van der Waals surface area contributed by atoms with E-state index in [4.69, 9.17) is 0 Å². The molecule has 1 atom stereocenters. The van der Waals surface area contributed by atoms with E-state index in [1.165, 1.54) is 12.1 Å². The molecule has 3 nitrogen and oxygen atoms in total. The van der Waals surface area contributed by atoms with Gasteiger partial charge in [-0.15, -0.1) is 0 Å². The van der Waals surface area contributed by atoms with Gasteiger partial charge in [-0.25, -0.2) is 0 Å². The van der Waals surface area contributed by atoms with E-state index in [2.05, 4.69) is 4.98 Å². The number of rotatable bonds is 5. The predicted molar refractivity (Wildman–Crippen MR) is 93.2 cm³/mol. The number of H-pyrrole nitrogens is 1. The molecule has 0 aliphatic heterocycles. The molecule has 0 radical (unpaired) electrons. The lowest BCUT2D eigenvalue weighted by Crippen LogP contribution is -2.09. The van der Waals surface area contributed by atoms with Crippen LogP contribution >= 0.6 is 0 Å². The molecule has 0 amide bonds. The Bertz CT molecular complexity index is 926. The molecule has 26 heavy (non-hydrogen) atoms. The van der Waals surface area contributed by atoms with Gasteiger partial charge in [0, 0.05) is 23.0 Å². The van der Waals surface area contributed by atoms with Crippen LogP contribution in [0.1, 0.15) is 41.5 Å². The van der Waals surface area contributed by atoms with Gasteiger partial charge >= 0.3 is 12.1 Å². The maximum atomic E-state index is 12.8. The topological polar surface area (TPSA) is 53.1 Å². The summed E-state index contributed by atoms with van der Waals surface area (Å²) in [5.74, 6) is -1.54. The van der Waals surface area contributed by atoms with E-state index in [9.17, 15) is 23.1 Å². The molecule has 2 N–H and O–H groups in total. The number of carboxylic acid groups (broad SMARTS) is 1. The third-order valence-corrected chi connectivity index (χ3v) is 4.61. The number of hydrogen-bond donors (Lipinski definition) is 2. The third-order valence-electron chi connectivity index (χ3n) is 4.61. The first kappa shape index (κ1) is 18.0. The van der Waals surface area contributed by atoms with Gasteiger partial charge in [-0.2, -0.15) is 13.2 Å². The van der Waals surface area contributed by atoms with Crippen LogP contribution in [-0.2, 0) is 17.4 Å².